The fourth-order valence-corrected chi connectivity index (χ4v) is 2.69. The van der Waals surface area contributed by atoms with Gasteiger partial charge in [0.2, 0.25) is 5.91 Å². The van der Waals surface area contributed by atoms with Crippen LogP contribution < -0.4 is 10.1 Å². The summed E-state index contributed by atoms with van der Waals surface area (Å²) in [4.78, 5) is 35.8. The predicted octanol–water partition coefficient (Wildman–Crippen LogP) is 1.74. The van der Waals surface area contributed by atoms with Crippen LogP contribution in [0.4, 0.5) is 5.69 Å². The van der Waals surface area contributed by atoms with Gasteiger partial charge in [-0.25, -0.2) is 0 Å². The summed E-state index contributed by atoms with van der Waals surface area (Å²) in [6.45, 7) is 4.90. The van der Waals surface area contributed by atoms with Crippen molar-refractivity contribution in [3.8, 4) is 5.75 Å². The van der Waals surface area contributed by atoms with Crippen molar-refractivity contribution >= 4 is 17.5 Å². The van der Waals surface area contributed by atoms with E-state index in [2.05, 4.69) is 5.32 Å². The summed E-state index contributed by atoms with van der Waals surface area (Å²) in [6.07, 6.45) is 1.45. The number of non-ortho nitro benzene ring substituents is 1. The number of nitrogens with zero attached hydrogens (tertiary/aromatic N) is 2. The zero-order valence-corrected chi connectivity index (χ0v) is 14.4. The van der Waals surface area contributed by atoms with Crippen molar-refractivity contribution < 1.29 is 19.2 Å². The molecule has 8 nitrogen and oxygen atoms in total. The summed E-state index contributed by atoms with van der Waals surface area (Å²) in [5, 5.41) is 13.5. The maximum Gasteiger partial charge on any atom is 0.269 e. The SMILES string of the molecule is CC(C)C(=O)N1CCC(NC(=O)COc2ccc([N+](=O)[O-])cc2)CC1. The van der Waals surface area contributed by atoms with Crippen LogP contribution in [0.25, 0.3) is 0 Å². The normalized spacial score (nSPS) is 15.1. The topological polar surface area (TPSA) is 102 Å². The monoisotopic (exact) mass is 349 g/mol. The molecule has 1 aliphatic rings. The highest BCUT2D eigenvalue weighted by Gasteiger charge is 2.25. The first-order valence-corrected chi connectivity index (χ1v) is 8.32. The second-order valence-corrected chi connectivity index (χ2v) is 6.36. The second-order valence-electron chi connectivity index (χ2n) is 6.36. The Balaban J connectivity index is 1.72. The molecule has 0 aliphatic carbocycles. The minimum Gasteiger partial charge on any atom is -0.484 e. The first-order valence-electron chi connectivity index (χ1n) is 8.32. The molecule has 2 amide bonds. The van der Waals surface area contributed by atoms with Crippen LogP contribution in [0.15, 0.2) is 24.3 Å². The number of piperidine rings is 1. The van der Waals surface area contributed by atoms with Gasteiger partial charge in [-0.1, -0.05) is 13.8 Å². The number of hydrogen-bond acceptors (Lipinski definition) is 5. The largest absolute Gasteiger partial charge is 0.484 e. The van der Waals surface area contributed by atoms with E-state index in [9.17, 15) is 19.7 Å². The number of nitrogens with one attached hydrogen (secondary N) is 1. The van der Waals surface area contributed by atoms with E-state index in [1.54, 1.807) is 0 Å². The van der Waals surface area contributed by atoms with E-state index >= 15 is 0 Å². The van der Waals surface area contributed by atoms with Crippen LogP contribution in [-0.2, 0) is 9.59 Å². The molecule has 1 aromatic rings. The molecule has 1 aliphatic heterocycles. The van der Waals surface area contributed by atoms with Gasteiger partial charge in [-0.2, -0.15) is 0 Å². The average molecular weight is 349 g/mol. The van der Waals surface area contributed by atoms with Crippen LogP contribution in [0.3, 0.4) is 0 Å². The molecule has 0 aromatic heterocycles. The van der Waals surface area contributed by atoms with Gasteiger partial charge in [0.25, 0.3) is 11.6 Å². The quantitative estimate of drug-likeness (QED) is 0.622. The van der Waals surface area contributed by atoms with Crippen molar-refractivity contribution in [2.75, 3.05) is 19.7 Å². The highest BCUT2D eigenvalue weighted by Crippen LogP contribution is 2.17. The summed E-state index contributed by atoms with van der Waals surface area (Å²) in [5.74, 6) is 0.289. The van der Waals surface area contributed by atoms with Crippen molar-refractivity contribution in [1.82, 2.24) is 10.2 Å². The Morgan fingerprint density at radius 3 is 2.40 bits per heavy atom. The third kappa shape index (κ3) is 5.44. The van der Waals surface area contributed by atoms with Gasteiger partial charge in [-0.15, -0.1) is 0 Å². The molecule has 0 radical (unpaired) electrons. The summed E-state index contributed by atoms with van der Waals surface area (Å²) in [5.41, 5.74) is -0.0282. The molecule has 1 N–H and O–H groups in total. The molecule has 1 fully saturated rings. The molecule has 0 spiro atoms. The van der Waals surface area contributed by atoms with E-state index in [-0.39, 0.29) is 36.1 Å². The van der Waals surface area contributed by atoms with Crippen LogP contribution >= 0.6 is 0 Å². The van der Waals surface area contributed by atoms with E-state index < -0.39 is 4.92 Å². The lowest BCUT2D eigenvalue weighted by Gasteiger charge is -2.33. The van der Waals surface area contributed by atoms with Crippen LogP contribution in [-0.4, -0.2) is 47.4 Å². The molecule has 0 atom stereocenters. The number of benzene rings is 1. The maximum absolute atomic E-state index is 12.0. The Kier molecular flexibility index (Phi) is 6.32. The Hall–Kier alpha value is -2.64. The number of likely N-dealkylation sites (tertiary alicyclic amines) is 1. The van der Waals surface area contributed by atoms with Gasteiger partial charge in [0.15, 0.2) is 6.61 Å². The van der Waals surface area contributed by atoms with E-state index in [0.29, 0.717) is 18.8 Å². The molecule has 8 heteroatoms. The fourth-order valence-electron chi connectivity index (χ4n) is 2.69. The molecule has 0 unspecified atom stereocenters. The van der Waals surface area contributed by atoms with E-state index in [1.807, 2.05) is 18.7 Å². The zero-order valence-electron chi connectivity index (χ0n) is 14.4. The predicted molar refractivity (Wildman–Crippen MR) is 91.2 cm³/mol. The summed E-state index contributed by atoms with van der Waals surface area (Å²) in [7, 11) is 0. The molecule has 1 heterocycles. The number of ether oxygens (including phenoxy) is 1. The number of nitro groups is 1. The molecular weight excluding hydrogens is 326 g/mol. The Morgan fingerprint density at radius 2 is 1.88 bits per heavy atom. The smallest absolute Gasteiger partial charge is 0.269 e. The molecule has 0 saturated carbocycles. The lowest BCUT2D eigenvalue weighted by Crippen LogP contribution is -2.48. The van der Waals surface area contributed by atoms with E-state index in [1.165, 1.54) is 24.3 Å². The van der Waals surface area contributed by atoms with Crippen LogP contribution in [0.1, 0.15) is 26.7 Å². The highest BCUT2D eigenvalue weighted by atomic mass is 16.6. The van der Waals surface area contributed by atoms with Crippen molar-refractivity contribution in [3.63, 3.8) is 0 Å². The van der Waals surface area contributed by atoms with Crippen molar-refractivity contribution in [2.24, 2.45) is 5.92 Å². The highest BCUT2D eigenvalue weighted by molar-refractivity contribution is 5.79. The number of amides is 2. The van der Waals surface area contributed by atoms with Gasteiger partial charge in [0.05, 0.1) is 4.92 Å². The number of carbonyl (C=O) groups is 2. The van der Waals surface area contributed by atoms with Gasteiger partial charge in [0, 0.05) is 37.2 Å². The van der Waals surface area contributed by atoms with E-state index in [0.717, 1.165) is 12.8 Å². The lowest BCUT2D eigenvalue weighted by atomic mass is 10.0. The summed E-state index contributed by atoms with van der Waals surface area (Å²) in [6, 6.07) is 5.61. The zero-order chi connectivity index (χ0) is 18.4. The van der Waals surface area contributed by atoms with Gasteiger partial charge in [-0.3, -0.25) is 19.7 Å². The second kappa shape index (κ2) is 8.46. The lowest BCUT2D eigenvalue weighted by molar-refractivity contribution is -0.384. The maximum atomic E-state index is 12.0. The standard InChI is InChI=1S/C17H23N3O5/c1-12(2)17(22)19-9-7-13(8-10-19)18-16(21)11-25-15-5-3-14(4-6-15)20(23)24/h3-6,12-13H,7-11H2,1-2H3,(H,18,21). The molecule has 136 valence electrons. The Bertz CT molecular complexity index is 622. The van der Waals surface area contributed by atoms with Gasteiger partial charge < -0.3 is 15.0 Å². The molecular formula is C17H23N3O5. The first kappa shape index (κ1) is 18.7. The average Bonchev–Trinajstić information content (AvgIpc) is 2.60. The van der Waals surface area contributed by atoms with Gasteiger partial charge >= 0.3 is 0 Å². The molecule has 2 rings (SSSR count). The van der Waals surface area contributed by atoms with Crippen molar-refractivity contribution in [1.29, 1.82) is 0 Å². The van der Waals surface area contributed by atoms with Gasteiger partial charge in [0.1, 0.15) is 5.75 Å². The Morgan fingerprint density at radius 1 is 1.28 bits per heavy atom. The molecule has 0 bridgehead atoms. The first-order chi connectivity index (χ1) is 11.9. The van der Waals surface area contributed by atoms with Crippen LogP contribution in [0, 0.1) is 16.0 Å². The van der Waals surface area contributed by atoms with Crippen LogP contribution in [0.2, 0.25) is 0 Å². The minimum atomic E-state index is -0.493. The fraction of sp³-hybridized carbons (Fsp3) is 0.529. The summed E-state index contributed by atoms with van der Waals surface area (Å²) >= 11 is 0. The number of nitro benzene ring substituents is 1. The number of carbonyl (C=O) groups excluding carboxylic acids is 2. The molecule has 1 saturated heterocycles. The number of hydrogen-bond donors (Lipinski definition) is 1. The van der Waals surface area contributed by atoms with Crippen LogP contribution in [0.5, 0.6) is 5.75 Å². The van der Waals surface area contributed by atoms with Crippen molar-refractivity contribution in [3.05, 3.63) is 34.4 Å². The summed E-state index contributed by atoms with van der Waals surface area (Å²) < 4.78 is 5.34. The Labute approximate surface area is 146 Å². The van der Waals surface area contributed by atoms with E-state index in [4.69, 9.17) is 4.74 Å². The van der Waals surface area contributed by atoms with Gasteiger partial charge in [-0.05, 0) is 25.0 Å². The third-order valence-corrected chi connectivity index (χ3v) is 4.08. The number of rotatable bonds is 6. The molecule has 25 heavy (non-hydrogen) atoms. The minimum absolute atomic E-state index is 0.0127. The molecule has 1 aromatic carbocycles. The third-order valence-electron chi connectivity index (χ3n) is 4.08. The van der Waals surface area contributed by atoms with Crippen molar-refractivity contribution in [2.45, 2.75) is 32.7 Å².